The maximum absolute atomic E-state index is 10.8. The van der Waals surface area contributed by atoms with Crippen molar-refractivity contribution < 1.29 is 9.76 Å². The molecule has 0 aromatic rings. The molecule has 0 aliphatic heterocycles. The zero-order valence-corrected chi connectivity index (χ0v) is 9.40. The van der Waals surface area contributed by atoms with E-state index in [1.807, 2.05) is 13.8 Å². The van der Waals surface area contributed by atoms with Gasteiger partial charge in [-0.25, -0.2) is 0 Å². The van der Waals surface area contributed by atoms with Crippen LogP contribution in [0.4, 0.5) is 0 Å². The second kappa shape index (κ2) is 5.59. The summed E-state index contributed by atoms with van der Waals surface area (Å²) in [6, 6.07) is -0.0507. The molecular formula is C9H18N2O3. The third kappa shape index (κ3) is 3.33. The highest BCUT2D eigenvalue weighted by molar-refractivity contribution is 4.99. The normalized spacial score (nSPS) is 10.1. The van der Waals surface area contributed by atoms with Gasteiger partial charge >= 0.3 is 5.82 Å². The number of hydroxylamine groups is 2. The van der Waals surface area contributed by atoms with Crippen molar-refractivity contribution in [2.45, 2.75) is 40.7 Å². The van der Waals surface area contributed by atoms with Crippen molar-refractivity contribution >= 4 is 0 Å². The zero-order valence-electron chi connectivity index (χ0n) is 9.40. The minimum atomic E-state index is -0.412. The summed E-state index contributed by atoms with van der Waals surface area (Å²) in [4.78, 5) is 15.6. The van der Waals surface area contributed by atoms with E-state index in [2.05, 4.69) is 0 Å². The fourth-order valence-corrected chi connectivity index (χ4v) is 1.08. The van der Waals surface area contributed by atoms with Crippen LogP contribution in [0.2, 0.25) is 0 Å². The smallest absolute Gasteiger partial charge is 0.347 e. The summed E-state index contributed by atoms with van der Waals surface area (Å²) in [6.45, 7) is 9.32. The Balaban J connectivity index is 4.95. The van der Waals surface area contributed by atoms with Crippen LogP contribution in [0.5, 0.6) is 0 Å². The van der Waals surface area contributed by atoms with Crippen LogP contribution in [0.3, 0.4) is 0 Å². The van der Waals surface area contributed by atoms with Crippen LogP contribution in [-0.4, -0.2) is 22.6 Å². The van der Waals surface area contributed by atoms with Crippen LogP contribution < -0.4 is 0 Å². The maximum Gasteiger partial charge on any atom is 0.347 e. The standard InChI is InChI=1S/C9H18N2O3/c1-6-14-10(8(4)5)9(7(2)3)11(12)13/h8H,6H2,1-5H3. The molecule has 0 atom stereocenters. The molecule has 0 saturated carbocycles. The van der Waals surface area contributed by atoms with E-state index in [9.17, 15) is 10.1 Å². The van der Waals surface area contributed by atoms with Gasteiger partial charge in [0.05, 0.1) is 6.61 Å². The molecule has 0 fully saturated rings. The van der Waals surface area contributed by atoms with Gasteiger partial charge in [-0.05, 0) is 39.5 Å². The van der Waals surface area contributed by atoms with E-state index in [0.29, 0.717) is 12.2 Å². The minimum absolute atomic E-state index is 0.0295. The van der Waals surface area contributed by atoms with Gasteiger partial charge in [-0.15, -0.1) is 5.06 Å². The largest absolute Gasteiger partial charge is 0.358 e. The molecule has 0 spiro atoms. The minimum Gasteiger partial charge on any atom is -0.358 e. The van der Waals surface area contributed by atoms with E-state index < -0.39 is 4.92 Å². The molecule has 0 rings (SSSR count). The van der Waals surface area contributed by atoms with E-state index in [1.165, 1.54) is 5.06 Å². The summed E-state index contributed by atoms with van der Waals surface area (Å²) in [5, 5.41) is 12.1. The molecule has 82 valence electrons. The highest BCUT2D eigenvalue weighted by Crippen LogP contribution is 2.14. The average Bonchev–Trinajstić information content (AvgIpc) is 2.01. The number of allylic oxidation sites excluding steroid dienone is 1. The van der Waals surface area contributed by atoms with Gasteiger partial charge in [0.25, 0.3) is 0 Å². The van der Waals surface area contributed by atoms with Crippen LogP contribution in [0, 0.1) is 10.1 Å². The third-order valence-electron chi connectivity index (χ3n) is 1.57. The van der Waals surface area contributed by atoms with Crippen molar-refractivity contribution in [1.82, 2.24) is 5.06 Å². The average molecular weight is 202 g/mol. The second-order valence-electron chi connectivity index (χ2n) is 3.42. The maximum atomic E-state index is 10.8. The summed E-state index contributed by atoms with van der Waals surface area (Å²) in [5.74, 6) is 0.0295. The quantitative estimate of drug-likeness (QED) is 0.506. The van der Waals surface area contributed by atoms with E-state index in [1.54, 1.807) is 20.8 Å². The number of rotatable bonds is 5. The molecule has 14 heavy (non-hydrogen) atoms. The molecule has 5 nitrogen and oxygen atoms in total. The molecule has 0 aliphatic rings. The lowest BCUT2D eigenvalue weighted by Crippen LogP contribution is -2.34. The Kier molecular flexibility index (Phi) is 5.15. The van der Waals surface area contributed by atoms with E-state index in [-0.39, 0.29) is 11.9 Å². The van der Waals surface area contributed by atoms with Gasteiger partial charge in [0.1, 0.15) is 6.04 Å². The van der Waals surface area contributed by atoms with Crippen molar-refractivity contribution in [3.05, 3.63) is 21.5 Å². The first-order valence-electron chi connectivity index (χ1n) is 4.65. The highest BCUT2D eigenvalue weighted by Gasteiger charge is 2.27. The van der Waals surface area contributed by atoms with Gasteiger partial charge in [0, 0.05) is 5.57 Å². The first-order chi connectivity index (χ1) is 6.41. The monoisotopic (exact) mass is 202 g/mol. The zero-order chi connectivity index (χ0) is 11.3. The summed E-state index contributed by atoms with van der Waals surface area (Å²) in [6.07, 6.45) is 0. The molecule has 0 saturated heterocycles. The Morgan fingerprint density at radius 2 is 2.00 bits per heavy atom. The van der Waals surface area contributed by atoms with E-state index in [4.69, 9.17) is 4.84 Å². The van der Waals surface area contributed by atoms with Crippen LogP contribution in [0.1, 0.15) is 34.6 Å². The Hall–Kier alpha value is -1.10. The van der Waals surface area contributed by atoms with Gasteiger partial charge < -0.3 is 10.1 Å². The molecule has 0 bridgehead atoms. The number of nitro groups is 1. The lowest BCUT2D eigenvalue weighted by atomic mass is 10.3. The molecule has 0 amide bonds. The molecule has 0 N–H and O–H groups in total. The fourth-order valence-electron chi connectivity index (χ4n) is 1.08. The first kappa shape index (κ1) is 12.9. The highest BCUT2D eigenvalue weighted by atomic mass is 16.7. The Morgan fingerprint density at radius 3 is 2.21 bits per heavy atom. The Labute approximate surface area is 84.4 Å². The predicted octanol–water partition coefficient (Wildman–Crippen LogP) is 2.18. The molecule has 0 heterocycles. The number of nitrogens with zero attached hydrogens (tertiary/aromatic N) is 2. The van der Waals surface area contributed by atoms with Crippen molar-refractivity contribution in [2.24, 2.45) is 0 Å². The van der Waals surface area contributed by atoms with Crippen molar-refractivity contribution in [2.75, 3.05) is 6.61 Å². The summed E-state index contributed by atoms with van der Waals surface area (Å²) < 4.78 is 0. The fraction of sp³-hybridized carbons (Fsp3) is 0.778. The molecule has 0 aromatic heterocycles. The third-order valence-corrected chi connectivity index (χ3v) is 1.57. The van der Waals surface area contributed by atoms with Crippen molar-refractivity contribution in [3.8, 4) is 0 Å². The SMILES string of the molecule is CCON(C(=C(C)C)[N+](=O)[O-])C(C)C. The van der Waals surface area contributed by atoms with Crippen LogP contribution in [0.15, 0.2) is 11.4 Å². The lowest BCUT2D eigenvalue weighted by molar-refractivity contribution is -0.472. The summed E-state index contributed by atoms with van der Waals surface area (Å²) >= 11 is 0. The molecule has 0 aliphatic carbocycles. The molecule has 0 aromatic carbocycles. The Morgan fingerprint density at radius 1 is 1.50 bits per heavy atom. The summed E-state index contributed by atoms with van der Waals surface area (Å²) in [5.41, 5.74) is 0.636. The van der Waals surface area contributed by atoms with E-state index >= 15 is 0 Å². The van der Waals surface area contributed by atoms with Gasteiger partial charge in [0.15, 0.2) is 0 Å². The van der Waals surface area contributed by atoms with Gasteiger partial charge in [-0.3, -0.25) is 0 Å². The lowest BCUT2D eigenvalue weighted by Gasteiger charge is -2.20. The van der Waals surface area contributed by atoms with Crippen LogP contribution in [-0.2, 0) is 4.84 Å². The number of hydrogen-bond acceptors (Lipinski definition) is 4. The van der Waals surface area contributed by atoms with Crippen LogP contribution in [0.25, 0.3) is 0 Å². The predicted molar refractivity (Wildman–Crippen MR) is 54.0 cm³/mol. The van der Waals surface area contributed by atoms with Crippen LogP contribution >= 0.6 is 0 Å². The van der Waals surface area contributed by atoms with Gasteiger partial charge in [-0.1, -0.05) is 0 Å². The summed E-state index contributed by atoms with van der Waals surface area (Å²) in [7, 11) is 0. The first-order valence-corrected chi connectivity index (χ1v) is 4.65. The topological polar surface area (TPSA) is 55.6 Å². The van der Waals surface area contributed by atoms with Gasteiger partial charge in [-0.2, -0.15) is 4.84 Å². The molecule has 0 radical (unpaired) electrons. The second-order valence-corrected chi connectivity index (χ2v) is 3.42. The molecular weight excluding hydrogens is 184 g/mol. The van der Waals surface area contributed by atoms with E-state index in [0.717, 1.165) is 0 Å². The Bertz CT molecular complexity index is 232. The van der Waals surface area contributed by atoms with Crippen molar-refractivity contribution in [1.29, 1.82) is 0 Å². The van der Waals surface area contributed by atoms with Gasteiger partial charge in [0.2, 0.25) is 0 Å². The van der Waals surface area contributed by atoms with Crippen molar-refractivity contribution in [3.63, 3.8) is 0 Å². The molecule has 0 unspecified atom stereocenters. The number of hydrogen-bond donors (Lipinski definition) is 0. The molecule has 5 heteroatoms.